The van der Waals surface area contributed by atoms with Crippen molar-refractivity contribution in [1.29, 1.82) is 0 Å². The van der Waals surface area contributed by atoms with Gasteiger partial charge in [-0.1, -0.05) is 133 Å². The van der Waals surface area contributed by atoms with Crippen molar-refractivity contribution in [3.63, 3.8) is 0 Å². The minimum atomic E-state index is -1.49. The van der Waals surface area contributed by atoms with Gasteiger partial charge in [0.25, 0.3) is 11.8 Å². The lowest BCUT2D eigenvalue weighted by Crippen LogP contribution is -2.26. The van der Waals surface area contributed by atoms with Crippen LogP contribution in [0.2, 0.25) is 0 Å². The molecule has 4 atom stereocenters. The van der Waals surface area contributed by atoms with Gasteiger partial charge in [-0.2, -0.15) is 0 Å². The molecule has 12 aromatic rings. The predicted octanol–water partition coefficient (Wildman–Crippen LogP) is 13.2. The number of rotatable bonds is 37. The van der Waals surface area contributed by atoms with Gasteiger partial charge in [0, 0.05) is 75.1 Å². The van der Waals surface area contributed by atoms with E-state index in [9.17, 15) is 58.8 Å². The molecule has 0 aliphatic carbocycles. The molecule has 122 heavy (non-hydrogen) atoms. The topological polar surface area (TPSA) is 315 Å². The number of aliphatic hydroxyl groups is 4. The summed E-state index contributed by atoms with van der Waals surface area (Å²) in [6, 6.07) is 68.7. The Labute approximate surface area is 702 Å². The van der Waals surface area contributed by atoms with Gasteiger partial charge in [0.1, 0.15) is 100 Å². The molecule has 610 valence electrons. The molecule has 2 amide bonds. The van der Waals surface area contributed by atoms with Gasteiger partial charge < -0.3 is 69.0 Å². The standard InChI is InChI=1S/C100H80N2O20/c1-5-63-24-28-67(29-25-63)49-91(107)72-17-15-16-69(48-72)51-95(109)119-59-77(105)57-117-93-46-38-70-36-44-79(115-55-75(103)60-120-98(112)84-21-12-9-18-81(84)92(108)50-68-30-26-64(6-2)27-31-68)52-87(70)89(93)54-90-88-53-80(116-56-76(104)61-121-99(113)85-22-13-10-19-82(85)96(110)101-73-40-32-65(7-3)33-41-73)45-37-71(88)39-47-94(90)118-58-78(106)62-122-100(114)86-23-14-11-20-83(86)97(111)102-74-42-34-66(8-4)35-43-74/h1-4,9-48,52-53,75-78,103-106H,49-51,54-62H2,(H,101,110)(H,102,111). The van der Waals surface area contributed by atoms with Crippen LogP contribution >= 0.6 is 0 Å². The molecule has 0 radical (unpaired) electrons. The molecule has 0 fully saturated rings. The summed E-state index contributed by atoms with van der Waals surface area (Å²) < 4.78 is 47.8. The highest BCUT2D eigenvalue weighted by molar-refractivity contribution is 6.12. The number of hydrogen-bond acceptors (Lipinski definition) is 20. The first-order valence-corrected chi connectivity index (χ1v) is 38.5. The molecule has 0 aliphatic rings. The average molecular weight is 1630 g/mol. The van der Waals surface area contributed by atoms with E-state index in [1.54, 1.807) is 218 Å². The number of Topliss-reactive ketones (excluding diaryl/α,β-unsaturated/α-hetero) is 2. The third kappa shape index (κ3) is 23.3. The lowest BCUT2D eigenvalue weighted by molar-refractivity contribution is -0.146. The van der Waals surface area contributed by atoms with Crippen LogP contribution in [0.4, 0.5) is 11.4 Å². The van der Waals surface area contributed by atoms with E-state index >= 15 is 0 Å². The number of terminal acetylenes is 4. The number of benzene rings is 12. The normalized spacial score (nSPS) is 11.8. The summed E-state index contributed by atoms with van der Waals surface area (Å²) in [4.78, 5) is 109. The molecule has 0 spiro atoms. The molecule has 22 nitrogen and oxygen atoms in total. The van der Waals surface area contributed by atoms with Crippen LogP contribution < -0.4 is 29.6 Å². The van der Waals surface area contributed by atoms with Crippen LogP contribution in [0.1, 0.15) is 123 Å². The summed E-state index contributed by atoms with van der Waals surface area (Å²) in [5.74, 6) is 5.76. The van der Waals surface area contributed by atoms with Crippen LogP contribution in [-0.4, -0.2) is 145 Å². The molecule has 0 aliphatic heterocycles. The first-order chi connectivity index (χ1) is 59.2. The Morgan fingerprint density at radius 3 is 1.08 bits per heavy atom. The maximum atomic E-state index is 13.8. The zero-order valence-corrected chi connectivity index (χ0v) is 65.7. The molecule has 0 aromatic heterocycles. The number of carbonyl (C=O) groups is 8. The van der Waals surface area contributed by atoms with Gasteiger partial charge in [0.15, 0.2) is 11.6 Å². The second kappa shape index (κ2) is 41.6. The van der Waals surface area contributed by atoms with Gasteiger partial charge in [-0.05, 0) is 184 Å². The molecule has 22 heteroatoms. The van der Waals surface area contributed by atoms with Crippen molar-refractivity contribution >= 4 is 80.2 Å². The van der Waals surface area contributed by atoms with Gasteiger partial charge in [0.2, 0.25) is 0 Å². The molecule has 0 saturated heterocycles. The number of amides is 2. The first kappa shape index (κ1) is 86.0. The number of ketones is 2. The molecule has 0 saturated carbocycles. The van der Waals surface area contributed by atoms with Gasteiger partial charge in [-0.25, -0.2) is 14.4 Å². The first-order valence-electron chi connectivity index (χ1n) is 38.5. The van der Waals surface area contributed by atoms with Crippen LogP contribution in [0.5, 0.6) is 23.0 Å². The fourth-order valence-corrected chi connectivity index (χ4v) is 13.0. The number of nitrogens with one attached hydrogen (secondary N) is 2. The lowest BCUT2D eigenvalue weighted by Gasteiger charge is -2.21. The molecule has 12 rings (SSSR count). The zero-order valence-electron chi connectivity index (χ0n) is 65.7. The predicted molar refractivity (Wildman–Crippen MR) is 457 cm³/mol. The molecule has 4 unspecified atom stereocenters. The highest BCUT2D eigenvalue weighted by Crippen LogP contribution is 2.39. The highest BCUT2D eigenvalue weighted by atomic mass is 16.6. The maximum Gasteiger partial charge on any atom is 0.339 e. The van der Waals surface area contributed by atoms with E-state index in [4.69, 9.17) is 63.6 Å². The number of fused-ring (bicyclic) bond motifs is 2. The van der Waals surface area contributed by atoms with Gasteiger partial charge in [-0.3, -0.25) is 24.0 Å². The Kier molecular flexibility index (Phi) is 29.3. The second-order valence-electron chi connectivity index (χ2n) is 28.1. The Balaban J connectivity index is 0.804. The fraction of sp³-hybridized carbons (Fsp3) is 0.160. The zero-order chi connectivity index (χ0) is 86.0. The minimum Gasteiger partial charge on any atom is -0.491 e. The Bertz CT molecular complexity index is 6050. The van der Waals surface area contributed by atoms with Crippen LogP contribution in [0.15, 0.2) is 255 Å². The van der Waals surface area contributed by atoms with Crippen molar-refractivity contribution in [2.45, 2.75) is 50.1 Å². The van der Waals surface area contributed by atoms with Crippen molar-refractivity contribution in [3.8, 4) is 72.4 Å². The molecular formula is C100H80N2O20. The minimum absolute atomic E-state index is 0.00495. The van der Waals surface area contributed by atoms with Gasteiger partial charge in [-0.15, -0.1) is 25.7 Å². The number of anilines is 2. The molecular weight excluding hydrogens is 1550 g/mol. The van der Waals surface area contributed by atoms with E-state index in [0.29, 0.717) is 83.0 Å². The fourth-order valence-electron chi connectivity index (χ4n) is 13.0. The second-order valence-corrected chi connectivity index (χ2v) is 28.1. The van der Waals surface area contributed by atoms with Crippen molar-refractivity contribution in [2.75, 3.05) is 63.5 Å². The van der Waals surface area contributed by atoms with E-state index in [-0.39, 0.29) is 93.6 Å². The lowest BCUT2D eigenvalue weighted by atomic mass is 9.93. The van der Waals surface area contributed by atoms with Gasteiger partial charge >= 0.3 is 23.9 Å². The number of ether oxygens (including phenoxy) is 8. The average Bonchev–Trinajstić information content (AvgIpc) is 0.765. The SMILES string of the molecule is C#Cc1ccc(CC(=O)c2cccc(CC(=O)OCC(O)COc3ccc4ccc(OCC(O)COC(=O)c5ccccc5C(=O)Cc5ccc(C#C)cc5)cc4c3Cc3c(OCC(O)COC(=O)c4ccccc4C(=O)Nc4ccc(C#C)cc4)ccc4ccc(OCC(O)COC(=O)c5ccccc5C(=O)Nc5ccc(C#C)cc5)cc34)c2)cc1. The summed E-state index contributed by atoms with van der Waals surface area (Å²) >= 11 is 0. The Morgan fingerprint density at radius 1 is 0.320 bits per heavy atom. The Hall–Kier alpha value is -15.4. The molecule has 0 bridgehead atoms. The molecule has 0 heterocycles. The van der Waals surface area contributed by atoms with Crippen LogP contribution in [0.25, 0.3) is 21.5 Å². The number of hydrogen-bond donors (Lipinski definition) is 6. The maximum absolute atomic E-state index is 13.8. The van der Waals surface area contributed by atoms with Crippen LogP contribution in [0.3, 0.4) is 0 Å². The quantitative estimate of drug-likeness (QED) is 0.00912. The highest BCUT2D eigenvalue weighted by Gasteiger charge is 2.26. The summed E-state index contributed by atoms with van der Waals surface area (Å²) in [6.07, 6.45) is 16.0. The number of esters is 4. The van der Waals surface area contributed by atoms with Crippen LogP contribution in [-0.2, 0) is 49.4 Å². The number of aliphatic hydroxyl groups excluding tert-OH is 4. The monoisotopic (exact) mass is 1630 g/mol. The summed E-state index contributed by atoms with van der Waals surface area (Å²) in [5, 5.41) is 53.7. The van der Waals surface area contributed by atoms with E-state index in [1.807, 2.05) is 0 Å². The summed E-state index contributed by atoms with van der Waals surface area (Å²) in [7, 11) is 0. The van der Waals surface area contributed by atoms with Crippen molar-refractivity contribution in [1.82, 2.24) is 0 Å². The molecule has 6 N–H and O–H groups in total. The van der Waals surface area contributed by atoms with E-state index in [0.717, 1.165) is 5.56 Å². The smallest absolute Gasteiger partial charge is 0.339 e. The summed E-state index contributed by atoms with van der Waals surface area (Å²) in [5.41, 5.74) is 6.43. The van der Waals surface area contributed by atoms with Gasteiger partial charge in [0.05, 0.1) is 34.2 Å². The summed E-state index contributed by atoms with van der Waals surface area (Å²) in [6.45, 7) is -3.98. The third-order valence-electron chi connectivity index (χ3n) is 19.3. The van der Waals surface area contributed by atoms with E-state index < -0.39 is 113 Å². The number of carbonyl (C=O) groups excluding carboxylic acids is 8. The largest absolute Gasteiger partial charge is 0.491 e. The molecule has 12 aromatic carbocycles. The Morgan fingerprint density at radius 2 is 0.672 bits per heavy atom. The van der Waals surface area contributed by atoms with E-state index in [1.165, 1.54) is 36.4 Å². The van der Waals surface area contributed by atoms with E-state index in [2.05, 4.69) is 34.3 Å². The van der Waals surface area contributed by atoms with Crippen LogP contribution in [0, 0.1) is 49.4 Å². The van der Waals surface area contributed by atoms with Crippen molar-refractivity contribution in [3.05, 3.63) is 344 Å². The van der Waals surface area contributed by atoms with Crippen molar-refractivity contribution in [2.24, 2.45) is 0 Å². The third-order valence-corrected chi connectivity index (χ3v) is 19.3. The van der Waals surface area contributed by atoms with Crippen molar-refractivity contribution < 1.29 is 96.7 Å².